The molecule has 0 radical (unpaired) electrons. The van der Waals surface area contributed by atoms with Crippen LogP contribution in [-0.4, -0.2) is 48.9 Å². The number of nitrogens with one attached hydrogen (secondary N) is 1. The molecule has 0 aliphatic carbocycles. The molecule has 1 aromatic heterocycles. The molecule has 1 N–H and O–H groups in total. The summed E-state index contributed by atoms with van der Waals surface area (Å²) >= 11 is 0. The van der Waals surface area contributed by atoms with Gasteiger partial charge < -0.3 is 19.7 Å². The van der Waals surface area contributed by atoms with Gasteiger partial charge in [-0.15, -0.1) is 10.2 Å². The number of hydrogen-bond donors (Lipinski definition) is 1. The molecule has 8 nitrogen and oxygen atoms in total. The molecular weight excluding hydrogens is 324 g/mol. The van der Waals surface area contributed by atoms with E-state index in [0.717, 1.165) is 5.69 Å². The largest absolute Gasteiger partial charge is 0.495 e. The number of nitrogens with zero attached hydrogens (tertiary/aromatic N) is 3. The third-order valence-electron chi connectivity index (χ3n) is 3.96. The Morgan fingerprint density at radius 1 is 1.20 bits per heavy atom. The average molecular weight is 342 g/mol. The van der Waals surface area contributed by atoms with Crippen molar-refractivity contribution in [2.24, 2.45) is 0 Å². The Labute approximate surface area is 144 Å². The molecule has 1 saturated heterocycles. The zero-order chi connectivity index (χ0) is 17.8. The third-order valence-corrected chi connectivity index (χ3v) is 3.96. The summed E-state index contributed by atoms with van der Waals surface area (Å²) < 4.78 is 9.90. The lowest BCUT2D eigenvalue weighted by molar-refractivity contribution is -0.117. The van der Waals surface area contributed by atoms with Crippen molar-refractivity contribution >= 4 is 23.4 Å². The van der Waals surface area contributed by atoms with Crippen molar-refractivity contribution in [1.82, 2.24) is 10.2 Å². The highest BCUT2D eigenvalue weighted by molar-refractivity contribution is 6.02. The van der Waals surface area contributed by atoms with Gasteiger partial charge in [0.15, 0.2) is 5.69 Å². The first-order valence-electron chi connectivity index (χ1n) is 7.77. The van der Waals surface area contributed by atoms with Crippen LogP contribution in [0.1, 0.15) is 16.9 Å². The smallest absolute Gasteiger partial charge is 0.358 e. The zero-order valence-corrected chi connectivity index (χ0v) is 13.9. The molecule has 130 valence electrons. The maximum atomic E-state index is 12.7. The lowest BCUT2D eigenvalue weighted by Gasteiger charge is -2.19. The molecule has 0 saturated carbocycles. The van der Waals surface area contributed by atoms with E-state index in [1.165, 1.54) is 13.2 Å². The van der Waals surface area contributed by atoms with Crippen molar-refractivity contribution in [2.45, 2.75) is 12.5 Å². The van der Waals surface area contributed by atoms with Crippen LogP contribution >= 0.6 is 0 Å². The van der Waals surface area contributed by atoms with Gasteiger partial charge in [0.25, 0.3) is 0 Å². The van der Waals surface area contributed by atoms with E-state index in [9.17, 15) is 9.59 Å². The average Bonchev–Trinajstić information content (AvgIpc) is 3.02. The number of ether oxygens (including phenoxy) is 2. The molecule has 1 aliphatic heterocycles. The minimum Gasteiger partial charge on any atom is -0.495 e. The summed E-state index contributed by atoms with van der Waals surface area (Å²) in [7, 11) is 2.85. The first kappa shape index (κ1) is 16.7. The van der Waals surface area contributed by atoms with Crippen molar-refractivity contribution < 1.29 is 19.1 Å². The van der Waals surface area contributed by atoms with E-state index in [2.05, 4.69) is 20.3 Å². The van der Waals surface area contributed by atoms with Crippen LogP contribution in [0.15, 0.2) is 36.4 Å². The number of para-hydroxylation sites is 2. The summed E-state index contributed by atoms with van der Waals surface area (Å²) in [5, 5.41) is 10.8. The standard InChI is InChI=1S/C17H18N4O4/c1-24-14-6-4-3-5-13(14)21-10-9-11(16(21)22)18-15-8-7-12(19-20-15)17(23)25-2/h3-8,11H,9-10H2,1-2H3,(H,18,20). The molecule has 1 amide bonds. The highest BCUT2D eigenvalue weighted by Gasteiger charge is 2.34. The maximum absolute atomic E-state index is 12.7. The van der Waals surface area contributed by atoms with Crippen LogP contribution in [0.3, 0.4) is 0 Å². The summed E-state index contributed by atoms with van der Waals surface area (Å²) in [5.74, 6) is 0.452. The van der Waals surface area contributed by atoms with Crippen LogP contribution in [0, 0.1) is 0 Å². The van der Waals surface area contributed by atoms with E-state index in [4.69, 9.17) is 4.74 Å². The summed E-state index contributed by atoms with van der Waals surface area (Å²) in [6.07, 6.45) is 0.622. The second-order valence-electron chi connectivity index (χ2n) is 5.44. The van der Waals surface area contributed by atoms with Crippen LogP contribution in [-0.2, 0) is 9.53 Å². The van der Waals surface area contributed by atoms with Gasteiger partial charge in [-0.1, -0.05) is 12.1 Å². The van der Waals surface area contributed by atoms with Gasteiger partial charge in [-0.05, 0) is 30.7 Å². The number of benzene rings is 1. The van der Waals surface area contributed by atoms with Gasteiger partial charge in [0.1, 0.15) is 17.6 Å². The first-order valence-corrected chi connectivity index (χ1v) is 7.77. The predicted octanol–water partition coefficient (Wildman–Crippen LogP) is 1.49. The van der Waals surface area contributed by atoms with Crippen molar-refractivity contribution in [2.75, 3.05) is 31.0 Å². The van der Waals surface area contributed by atoms with E-state index < -0.39 is 12.0 Å². The quantitative estimate of drug-likeness (QED) is 0.823. The molecule has 2 aromatic rings. The van der Waals surface area contributed by atoms with Crippen molar-refractivity contribution in [3.05, 3.63) is 42.1 Å². The molecule has 8 heteroatoms. The minimum absolute atomic E-state index is 0.0663. The summed E-state index contributed by atoms with van der Waals surface area (Å²) in [5.41, 5.74) is 0.855. The van der Waals surface area contributed by atoms with Crippen LogP contribution in [0.4, 0.5) is 11.5 Å². The first-order chi connectivity index (χ1) is 12.1. The zero-order valence-electron chi connectivity index (χ0n) is 13.9. The molecule has 25 heavy (non-hydrogen) atoms. The molecule has 1 atom stereocenters. The van der Waals surface area contributed by atoms with Gasteiger partial charge in [0.2, 0.25) is 5.91 Å². The SMILES string of the molecule is COC(=O)c1ccc(NC2CCN(c3ccccc3OC)C2=O)nn1. The number of anilines is 2. The Morgan fingerprint density at radius 3 is 2.68 bits per heavy atom. The fraction of sp³-hybridized carbons (Fsp3) is 0.294. The molecule has 3 rings (SSSR count). The van der Waals surface area contributed by atoms with E-state index in [1.54, 1.807) is 18.1 Å². The molecule has 1 fully saturated rings. The monoisotopic (exact) mass is 342 g/mol. The molecule has 0 bridgehead atoms. The summed E-state index contributed by atoms with van der Waals surface area (Å²) in [6, 6.07) is 10.1. The third kappa shape index (κ3) is 3.37. The van der Waals surface area contributed by atoms with Crippen molar-refractivity contribution in [3.63, 3.8) is 0 Å². The lowest BCUT2D eigenvalue weighted by atomic mass is 10.2. The Kier molecular flexibility index (Phi) is 4.78. The number of hydrogen-bond acceptors (Lipinski definition) is 7. The van der Waals surface area contributed by atoms with Gasteiger partial charge in [0.05, 0.1) is 19.9 Å². The van der Waals surface area contributed by atoms with Crippen molar-refractivity contribution in [1.29, 1.82) is 0 Å². The molecular formula is C17H18N4O4. The van der Waals surface area contributed by atoms with Gasteiger partial charge in [-0.25, -0.2) is 4.79 Å². The number of rotatable bonds is 5. The highest BCUT2D eigenvalue weighted by atomic mass is 16.5. The number of aromatic nitrogens is 2. The molecule has 2 heterocycles. The number of methoxy groups -OCH3 is 2. The van der Waals surface area contributed by atoms with E-state index in [1.807, 2.05) is 24.3 Å². The number of esters is 1. The molecule has 1 aliphatic rings. The number of carbonyl (C=O) groups is 2. The fourth-order valence-corrected chi connectivity index (χ4v) is 2.71. The normalized spacial score (nSPS) is 16.6. The number of amides is 1. The van der Waals surface area contributed by atoms with Crippen LogP contribution in [0.25, 0.3) is 0 Å². The Hall–Kier alpha value is -3.16. The second-order valence-corrected chi connectivity index (χ2v) is 5.44. The van der Waals surface area contributed by atoms with Gasteiger partial charge >= 0.3 is 5.97 Å². The van der Waals surface area contributed by atoms with Crippen molar-refractivity contribution in [3.8, 4) is 5.75 Å². The fourth-order valence-electron chi connectivity index (χ4n) is 2.71. The molecule has 0 spiro atoms. The highest BCUT2D eigenvalue weighted by Crippen LogP contribution is 2.31. The van der Waals surface area contributed by atoms with E-state index >= 15 is 0 Å². The maximum Gasteiger partial charge on any atom is 0.358 e. The second kappa shape index (κ2) is 7.16. The topological polar surface area (TPSA) is 93.7 Å². The molecule has 1 unspecified atom stereocenters. The van der Waals surface area contributed by atoms with E-state index in [-0.39, 0.29) is 11.6 Å². The summed E-state index contributed by atoms with van der Waals surface area (Å²) in [6.45, 7) is 0.574. The van der Waals surface area contributed by atoms with Gasteiger partial charge in [0, 0.05) is 6.54 Å². The van der Waals surface area contributed by atoms with Crippen LogP contribution in [0.2, 0.25) is 0 Å². The minimum atomic E-state index is -0.557. The van der Waals surface area contributed by atoms with Crippen LogP contribution < -0.4 is 15.0 Å². The Balaban J connectivity index is 1.71. The van der Waals surface area contributed by atoms with Gasteiger partial charge in [-0.2, -0.15) is 0 Å². The summed E-state index contributed by atoms with van der Waals surface area (Å²) in [4.78, 5) is 25.7. The molecule has 1 aromatic carbocycles. The van der Waals surface area contributed by atoms with Crippen LogP contribution in [0.5, 0.6) is 5.75 Å². The predicted molar refractivity (Wildman–Crippen MR) is 90.7 cm³/mol. The Morgan fingerprint density at radius 2 is 2.00 bits per heavy atom. The lowest BCUT2D eigenvalue weighted by Crippen LogP contribution is -2.33. The van der Waals surface area contributed by atoms with Gasteiger partial charge in [-0.3, -0.25) is 4.79 Å². The number of carbonyl (C=O) groups excluding carboxylic acids is 2. The van der Waals surface area contributed by atoms with E-state index in [0.29, 0.717) is 24.5 Å². The Bertz CT molecular complexity index is 778.